The van der Waals surface area contributed by atoms with Crippen molar-refractivity contribution >= 4 is 11.6 Å². The van der Waals surface area contributed by atoms with E-state index in [0.29, 0.717) is 30.1 Å². The molecule has 0 aromatic heterocycles. The lowest BCUT2D eigenvalue weighted by Gasteiger charge is -2.21. The molecule has 6 nitrogen and oxygen atoms in total. The predicted molar refractivity (Wildman–Crippen MR) is 104 cm³/mol. The molecule has 2 aromatic rings. The van der Waals surface area contributed by atoms with E-state index in [1.54, 1.807) is 26.3 Å². The quantitative estimate of drug-likeness (QED) is 0.778. The maximum atomic E-state index is 12.5. The molecule has 2 aromatic carbocycles. The van der Waals surface area contributed by atoms with E-state index in [1.807, 2.05) is 49.4 Å². The van der Waals surface area contributed by atoms with E-state index in [1.165, 1.54) is 0 Å². The normalized spacial score (nSPS) is 16.1. The molecule has 1 atom stereocenters. The van der Waals surface area contributed by atoms with Gasteiger partial charge < -0.3 is 14.2 Å². The number of carbonyl (C=O) groups is 1. The van der Waals surface area contributed by atoms with Crippen LogP contribution in [0.2, 0.25) is 0 Å². The van der Waals surface area contributed by atoms with Gasteiger partial charge in [-0.05, 0) is 17.7 Å². The zero-order valence-electron chi connectivity index (χ0n) is 16.1. The first-order valence-electron chi connectivity index (χ1n) is 8.87. The van der Waals surface area contributed by atoms with E-state index in [2.05, 4.69) is 5.10 Å². The number of hydrogen-bond acceptors (Lipinski definition) is 5. The summed E-state index contributed by atoms with van der Waals surface area (Å²) in [7, 11) is 4.73. The highest BCUT2D eigenvalue weighted by atomic mass is 16.5. The van der Waals surface area contributed by atoms with Crippen molar-refractivity contribution < 1.29 is 19.0 Å². The van der Waals surface area contributed by atoms with Gasteiger partial charge in [-0.1, -0.05) is 37.3 Å². The highest BCUT2D eigenvalue weighted by Gasteiger charge is 2.33. The van der Waals surface area contributed by atoms with Crippen LogP contribution in [0.3, 0.4) is 0 Å². The minimum absolute atomic E-state index is 0.00806. The van der Waals surface area contributed by atoms with Crippen molar-refractivity contribution in [1.29, 1.82) is 0 Å². The second-order valence-electron chi connectivity index (χ2n) is 6.18. The molecule has 0 fully saturated rings. The molecule has 0 N–H and O–H groups in total. The molecule has 27 heavy (non-hydrogen) atoms. The number of carbonyl (C=O) groups excluding carboxylic acids is 1. The summed E-state index contributed by atoms with van der Waals surface area (Å²) in [4.78, 5) is 12.5. The van der Waals surface area contributed by atoms with E-state index in [-0.39, 0.29) is 11.9 Å². The van der Waals surface area contributed by atoms with Crippen LogP contribution in [0.15, 0.2) is 47.6 Å². The average Bonchev–Trinajstić information content (AvgIpc) is 3.18. The first kappa shape index (κ1) is 18.8. The minimum Gasteiger partial charge on any atom is -0.493 e. The molecule has 142 valence electrons. The van der Waals surface area contributed by atoms with Crippen LogP contribution in [-0.2, 0) is 4.79 Å². The monoisotopic (exact) mass is 368 g/mol. The van der Waals surface area contributed by atoms with Gasteiger partial charge in [-0.25, -0.2) is 5.01 Å². The molecule has 1 heterocycles. The fourth-order valence-corrected chi connectivity index (χ4v) is 3.26. The molecule has 0 aliphatic carbocycles. The van der Waals surface area contributed by atoms with Crippen LogP contribution in [0.1, 0.15) is 36.9 Å². The van der Waals surface area contributed by atoms with Gasteiger partial charge in [-0.15, -0.1) is 0 Å². The van der Waals surface area contributed by atoms with E-state index in [9.17, 15) is 4.79 Å². The number of rotatable bonds is 6. The van der Waals surface area contributed by atoms with Crippen molar-refractivity contribution in [2.24, 2.45) is 5.10 Å². The summed E-state index contributed by atoms with van der Waals surface area (Å²) in [6.07, 6.45) is 1.02. The Morgan fingerprint density at radius 1 is 1.07 bits per heavy atom. The predicted octanol–water partition coefficient (Wildman–Crippen LogP) is 3.80. The van der Waals surface area contributed by atoms with Crippen LogP contribution < -0.4 is 14.2 Å². The zero-order chi connectivity index (χ0) is 19.4. The molecule has 1 unspecified atom stereocenters. The SMILES string of the molecule is CCC(=O)N1N=C(c2cc(OC)c(OC)c(OC)c2)CC1c1ccccc1. The fraction of sp³-hybridized carbons (Fsp3) is 0.333. The van der Waals surface area contributed by atoms with Crippen molar-refractivity contribution in [1.82, 2.24) is 5.01 Å². The largest absolute Gasteiger partial charge is 0.493 e. The first-order valence-corrected chi connectivity index (χ1v) is 8.87. The lowest BCUT2D eigenvalue weighted by molar-refractivity contribution is -0.132. The van der Waals surface area contributed by atoms with E-state index < -0.39 is 0 Å². The van der Waals surface area contributed by atoms with Crippen LogP contribution in [0, 0.1) is 0 Å². The fourth-order valence-electron chi connectivity index (χ4n) is 3.26. The number of hydrazone groups is 1. The maximum absolute atomic E-state index is 12.5. The Labute approximate surface area is 159 Å². The Kier molecular flexibility index (Phi) is 5.64. The number of hydrogen-bond donors (Lipinski definition) is 0. The van der Waals surface area contributed by atoms with Gasteiger partial charge in [0.25, 0.3) is 0 Å². The molecule has 1 aliphatic heterocycles. The molecular weight excluding hydrogens is 344 g/mol. The highest BCUT2D eigenvalue weighted by molar-refractivity contribution is 6.04. The Balaban J connectivity index is 2.03. The number of methoxy groups -OCH3 is 3. The summed E-state index contributed by atoms with van der Waals surface area (Å²) in [5, 5.41) is 6.23. The van der Waals surface area contributed by atoms with Gasteiger partial charge in [0.15, 0.2) is 11.5 Å². The van der Waals surface area contributed by atoms with Crippen molar-refractivity contribution in [3.05, 3.63) is 53.6 Å². The lowest BCUT2D eigenvalue weighted by Crippen LogP contribution is -2.26. The number of benzene rings is 2. The summed E-state index contributed by atoms with van der Waals surface area (Å²) in [6.45, 7) is 1.84. The smallest absolute Gasteiger partial charge is 0.242 e. The third-order valence-corrected chi connectivity index (χ3v) is 4.65. The topological polar surface area (TPSA) is 60.4 Å². The third-order valence-electron chi connectivity index (χ3n) is 4.65. The van der Waals surface area contributed by atoms with Crippen LogP contribution in [-0.4, -0.2) is 38.0 Å². The van der Waals surface area contributed by atoms with Gasteiger partial charge in [0.05, 0.1) is 33.1 Å². The van der Waals surface area contributed by atoms with Crippen LogP contribution in [0.25, 0.3) is 0 Å². The Hall–Kier alpha value is -3.02. The molecular formula is C21H24N2O4. The second kappa shape index (κ2) is 8.12. The van der Waals surface area contributed by atoms with Gasteiger partial charge in [-0.2, -0.15) is 5.10 Å². The van der Waals surface area contributed by atoms with Crippen molar-refractivity contribution in [2.45, 2.75) is 25.8 Å². The van der Waals surface area contributed by atoms with Gasteiger partial charge in [0.2, 0.25) is 11.7 Å². The molecule has 0 bridgehead atoms. The summed E-state index contributed by atoms with van der Waals surface area (Å²) in [5.74, 6) is 1.65. The highest BCUT2D eigenvalue weighted by Crippen LogP contribution is 2.40. The molecule has 0 radical (unpaired) electrons. The molecule has 0 saturated carbocycles. The third kappa shape index (κ3) is 3.60. The average molecular weight is 368 g/mol. The Morgan fingerprint density at radius 2 is 1.70 bits per heavy atom. The molecule has 1 amide bonds. The molecule has 0 saturated heterocycles. The summed E-state index contributed by atoms with van der Waals surface area (Å²) >= 11 is 0. The Morgan fingerprint density at radius 3 is 2.22 bits per heavy atom. The van der Waals surface area contributed by atoms with Crippen molar-refractivity contribution in [2.75, 3.05) is 21.3 Å². The van der Waals surface area contributed by atoms with Gasteiger partial charge in [0.1, 0.15) is 0 Å². The minimum atomic E-state index is -0.118. The van der Waals surface area contributed by atoms with Crippen molar-refractivity contribution in [3.63, 3.8) is 0 Å². The maximum Gasteiger partial charge on any atom is 0.242 e. The first-order chi connectivity index (χ1) is 13.1. The number of amides is 1. The van der Waals surface area contributed by atoms with Crippen LogP contribution in [0.5, 0.6) is 17.2 Å². The lowest BCUT2D eigenvalue weighted by atomic mass is 9.98. The van der Waals surface area contributed by atoms with Crippen LogP contribution in [0.4, 0.5) is 0 Å². The van der Waals surface area contributed by atoms with Crippen molar-refractivity contribution in [3.8, 4) is 17.2 Å². The van der Waals surface area contributed by atoms with E-state index >= 15 is 0 Å². The number of nitrogens with zero attached hydrogens (tertiary/aromatic N) is 2. The summed E-state index contributed by atoms with van der Waals surface area (Å²) in [6, 6.07) is 13.6. The second-order valence-corrected chi connectivity index (χ2v) is 6.18. The molecule has 3 rings (SSSR count). The summed E-state index contributed by atoms with van der Waals surface area (Å²) in [5.41, 5.74) is 2.72. The molecule has 0 spiro atoms. The van der Waals surface area contributed by atoms with E-state index in [0.717, 1.165) is 16.8 Å². The van der Waals surface area contributed by atoms with Gasteiger partial charge in [-0.3, -0.25) is 4.79 Å². The van der Waals surface area contributed by atoms with Gasteiger partial charge in [0, 0.05) is 18.4 Å². The van der Waals surface area contributed by atoms with Crippen LogP contribution >= 0.6 is 0 Å². The zero-order valence-corrected chi connectivity index (χ0v) is 16.1. The molecule has 6 heteroatoms. The molecule has 1 aliphatic rings. The standard InChI is InChI=1S/C21H24N2O4/c1-5-20(24)23-17(14-9-7-6-8-10-14)13-16(22-23)15-11-18(25-2)21(27-4)19(12-15)26-3/h6-12,17H,5,13H2,1-4H3. The van der Waals surface area contributed by atoms with Gasteiger partial charge >= 0.3 is 0 Å². The number of ether oxygens (including phenoxy) is 3. The van der Waals surface area contributed by atoms with E-state index in [4.69, 9.17) is 14.2 Å². The summed E-state index contributed by atoms with van der Waals surface area (Å²) < 4.78 is 16.3. The Bertz CT molecular complexity index is 824.